The smallest absolute Gasteiger partial charge is 0.196 e. The van der Waals surface area contributed by atoms with E-state index in [1.165, 1.54) is 6.07 Å². The van der Waals surface area contributed by atoms with Gasteiger partial charge in [-0.3, -0.25) is 4.79 Å². The molecule has 3 aromatic rings. The summed E-state index contributed by atoms with van der Waals surface area (Å²) in [7, 11) is 0. The number of rotatable bonds is 6. The largest absolute Gasteiger partial charge is 0.371 e. The fraction of sp³-hybridized carbons (Fsp3) is 0.278. The molecule has 0 radical (unpaired) electrons. The van der Waals surface area contributed by atoms with E-state index in [2.05, 4.69) is 31.0 Å². The highest BCUT2D eigenvalue weighted by Crippen LogP contribution is 2.20. The van der Waals surface area contributed by atoms with Crippen molar-refractivity contribution in [1.82, 2.24) is 19.7 Å². The summed E-state index contributed by atoms with van der Waals surface area (Å²) >= 11 is 3.22. The lowest BCUT2D eigenvalue weighted by Crippen LogP contribution is -2.08. The highest BCUT2D eigenvalue weighted by atomic mass is 79.9. The van der Waals surface area contributed by atoms with Gasteiger partial charge in [0.1, 0.15) is 6.10 Å². The summed E-state index contributed by atoms with van der Waals surface area (Å²) in [6.07, 6.45) is 1.40. The number of hydrogen-bond donors (Lipinski definition) is 1. The fourth-order valence-electron chi connectivity index (χ4n) is 2.51. The zero-order valence-electron chi connectivity index (χ0n) is 14.1. The molecule has 25 heavy (non-hydrogen) atoms. The minimum absolute atomic E-state index is 0.109. The van der Waals surface area contributed by atoms with E-state index in [-0.39, 0.29) is 11.5 Å². The molecule has 0 aliphatic rings. The summed E-state index contributed by atoms with van der Waals surface area (Å²) in [5.41, 5.74) is 1.61. The van der Waals surface area contributed by atoms with Crippen LogP contribution in [0.1, 0.15) is 31.3 Å². The van der Waals surface area contributed by atoms with Crippen LogP contribution in [0.15, 0.2) is 51.9 Å². The predicted molar refractivity (Wildman–Crippen MR) is 99.4 cm³/mol. The van der Waals surface area contributed by atoms with Crippen molar-refractivity contribution < 1.29 is 4.74 Å². The number of halogens is 1. The van der Waals surface area contributed by atoms with Crippen molar-refractivity contribution in [3.8, 4) is 11.5 Å². The number of hydrogen-bond acceptors (Lipinski definition) is 4. The van der Waals surface area contributed by atoms with E-state index in [0.29, 0.717) is 35.0 Å². The molecular formula is C18H19BrN4O2. The molecule has 130 valence electrons. The lowest BCUT2D eigenvalue weighted by molar-refractivity contribution is 0.0700. The van der Waals surface area contributed by atoms with E-state index in [4.69, 9.17) is 4.74 Å². The van der Waals surface area contributed by atoms with Crippen LogP contribution >= 0.6 is 15.9 Å². The standard InChI is InChI=1S/C18H19BrN4O2/c1-3-25-12(2)17-21-18(15-9-16(24)14(19)10-20-15)23(22-17)11-13-7-5-4-6-8-13/h4-10,12H,3,11H2,1-2H3,(H,20,24). The number of benzene rings is 1. The van der Waals surface area contributed by atoms with Crippen LogP contribution in [0, 0.1) is 0 Å². The fourth-order valence-corrected chi connectivity index (χ4v) is 2.73. The molecule has 1 N–H and O–H groups in total. The molecule has 0 bridgehead atoms. The molecule has 1 aromatic carbocycles. The minimum Gasteiger partial charge on any atom is -0.371 e. The van der Waals surface area contributed by atoms with Gasteiger partial charge < -0.3 is 9.72 Å². The van der Waals surface area contributed by atoms with Crippen LogP contribution in [0.3, 0.4) is 0 Å². The van der Waals surface area contributed by atoms with Crippen molar-refractivity contribution in [2.45, 2.75) is 26.5 Å². The van der Waals surface area contributed by atoms with Gasteiger partial charge in [0.2, 0.25) is 0 Å². The molecule has 0 saturated carbocycles. The van der Waals surface area contributed by atoms with E-state index in [9.17, 15) is 4.79 Å². The number of pyridine rings is 1. The SMILES string of the molecule is CCOC(C)c1nc(-c2cc(=O)c(Br)c[nH]2)n(Cc2ccccc2)n1. The van der Waals surface area contributed by atoms with Crippen molar-refractivity contribution in [3.05, 3.63) is 68.7 Å². The average Bonchev–Trinajstić information content (AvgIpc) is 3.02. The molecule has 0 amide bonds. The Balaban J connectivity index is 2.04. The van der Waals surface area contributed by atoms with Crippen molar-refractivity contribution >= 4 is 15.9 Å². The molecule has 2 heterocycles. The second kappa shape index (κ2) is 7.76. The Morgan fingerprint density at radius 3 is 2.76 bits per heavy atom. The van der Waals surface area contributed by atoms with Gasteiger partial charge in [-0.15, -0.1) is 0 Å². The molecule has 2 aromatic heterocycles. The Morgan fingerprint density at radius 2 is 2.08 bits per heavy atom. The number of H-pyrrole nitrogens is 1. The van der Waals surface area contributed by atoms with Crippen LogP contribution < -0.4 is 5.43 Å². The lowest BCUT2D eigenvalue weighted by Gasteiger charge is -2.07. The Labute approximate surface area is 154 Å². The Bertz CT molecular complexity index is 905. The number of nitrogens with zero attached hydrogens (tertiary/aromatic N) is 3. The molecule has 0 spiro atoms. The third kappa shape index (κ3) is 4.05. The number of aromatic nitrogens is 4. The minimum atomic E-state index is -0.219. The van der Waals surface area contributed by atoms with E-state index in [1.54, 1.807) is 10.9 Å². The van der Waals surface area contributed by atoms with Gasteiger partial charge in [0.25, 0.3) is 0 Å². The molecule has 0 aliphatic carbocycles. The maximum Gasteiger partial charge on any atom is 0.196 e. The number of ether oxygens (including phenoxy) is 1. The van der Waals surface area contributed by atoms with Crippen molar-refractivity contribution in [2.75, 3.05) is 6.61 Å². The molecule has 0 fully saturated rings. The highest BCUT2D eigenvalue weighted by Gasteiger charge is 2.18. The molecular weight excluding hydrogens is 384 g/mol. The van der Waals surface area contributed by atoms with E-state index < -0.39 is 0 Å². The molecule has 7 heteroatoms. The Hall–Kier alpha value is -2.25. The molecule has 1 atom stereocenters. The third-order valence-corrected chi connectivity index (χ3v) is 4.37. The predicted octanol–water partition coefficient (Wildman–Crippen LogP) is 3.54. The summed E-state index contributed by atoms with van der Waals surface area (Å²) < 4.78 is 7.88. The zero-order chi connectivity index (χ0) is 17.8. The molecule has 1 unspecified atom stereocenters. The maximum atomic E-state index is 12.0. The van der Waals surface area contributed by atoms with Crippen molar-refractivity contribution in [3.63, 3.8) is 0 Å². The van der Waals surface area contributed by atoms with Gasteiger partial charge in [0, 0.05) is 18.9 Å². The first-order chi connectivity index (χ1) is 12.1. The quantitative estimate of drug-likeness (QED) is 0.684. The molecule has 0 aliphatic heterocycles. The van der Waals surface area contributed by atoms with Crippen LogP contribution in [0.25, 0.3) is 11.5 Å². The summed E-state index contributed by atoms with van der Waals surface area (Å²) in [4.78, 5) is 19.7. The summed E-state index contributed by atoms with van der Waals surface area (Å²) in [6, 6.07) is 11.5. The van der Waals surface area contributed by atoms with Gasteiger partial charge >= 0.3 is 0 Å². The summed E-state index contributed by atoms with van der Waals surface area (Å²) in [6.45, 7) is 4.99. The van der Waals surface area contributed by atoms with Gasteiger partial charge in [0.05, 0.1) is 16.7 Å². The van der Waals surface area contributed by atoms with Crippen LogP contribution in [0.4, 0.5) is 0 Å². The molecule has 3 rings (SSSR count). The molecule has 6 nitrogen and oxygen atoms in total. The first kappa shape index (κ1) is 17.6. The van der Waals surface area contributed by atoms with E-state index in [1.807, 2.05) is 44.2 Å². The number of nitrogens with one attached hydrogen (secondary N) is 1. The van der Waals surface area contributed by atoms with Gasteiger partial charge in [-0.1, -0.05) is 30.3 Å². The van der Waals surface area contributed by atoms with Gasteiger partial charge in [-0.05, 0) is 35.3 Å². The van der Waals surface area contributed by atoms with Gasteiger partial charge in [-0.2, -0.15) is 5.10 Å². The van der Waals surface area contributed by atoms with Crippen LogP contribution in [-0.2, 0) is 11.3 Å². The molecule has 0 saturated heterocycles. The maximum absolute atomic E-state index is 12.0. The third-order valence-electron chi connectivity index (χ3n) is 3.75. The second-order valence-electron chi connectivity index (χ2n) is 5.59. The average molecular weight is 403 g/mol. The topological polar surface area (TPSA) is 72.8 Å². The van der Waals surface area contributed by atoms with Crippen molar-refractivity contribution in [2.24, 2.45) is 0 Å². The first-order valence-corrected chi connectivity index (χ1v) is 8.86. The highest BCUT2D eigenvalue weighted by molar-refractivity contribution is 9.10. The second-order valence-corrected chi connectivity index (χ2v) is 6.45. The normalized spacial score (nSPS) is 12.3. The lowest BCUT2D eigenvalue weighted by atomic mass is 10.2. The van der Waals surface area contributed by atoms with E-state index >= 15 is 0 Å². The number of aromatic amines is 1. The Morgan fingerprint density at radius 1 is 1.32 bits per heavy atom. The summed E-state index contributed by atoms with van der Waals surface area (Å²) in [5.74, 6) is 1.20. The Kier molecular flexibility index (Phi) is 5.45. The van der Waals surface area contributed by atoms with Crippen LogP contribution in [0.2, 0.25) is 0 Å². The first-order valence-electron chi connectivity index (χ1n) is 8.07. The van der Waals surface area contributed by atoms with Crippen molar-refractivity contribution in [1.29, 1.82) is 0 Å². The van der Waals surface area contributed by atoms with Gasteiger partial charge in [-0.25, -0.2) is 9.67 Å². The zero-order valence-corrected chi connectivity index (χ0v) is 15.7. The van der Waals surface area contributed by atoms with Crippen LogP contribution in [-0.4, -0.2) is 26.4 Å². The monoisotopic (exact) mass is 402 g/mol. The van der Waals surface area contributed by atoms with Crippen LogP contribution in [0.5, 0.6) is 0 Å². The van der Waals surface area contributed by atoms with Gasteiger partial charge in [0.15, 0.2) is 17.1 Å². The van der Waals surface area contributed by atoms with E-state index in [0.717, 1.165) is 5.56 Å². The summed E-state index contributed by atoms with van der Waals surface area (Å²) in [5, 5.41) is 4.60.